The van der Waals surface area contributed by atoms with Gasteiger partial charge in [0, 0.05) is 19.0 Å². The molecule has 3 rings (SSSR count). The molecule has 0 spiro atoms. The second-order valence-corrected chi connectivity index (χ2v) is 6.42. The highest BCUT2D eigenvalue weighted by Crippen LogP contribution is 2.39. The highest BCUT2D eigenvalue weighted by atomic mass is 19.1. The summed E-state index contributed by atoms with van der Waals surface area (Å²) in [5, 5.41) is 0. The van der Waals surface area contributed by atoms with Gasteiger partial charge in [-0.05, 0) is 55.2 Å². The van der Waals surface area contributed by atoms with Crippen LogP contribution in [0.25, 0.3) is 0 Å². The van der Waals surface area contributed by atoms with E-state index in [9.17, 15) is 9.18 Å². The number of carbonyl (C=O) groups excluding carboxylic acids is 1. The average Bonchev–Trinajstić information content (AvgIpc) is 3.16. The van der Waals surface area contributed by atoms with Crippen LogP contribution < -0.4 is 0 Å². The molecule has 108 valence electrons. The van der Waals surface area contributed by atoms with Crippen molar-refractivity contribution in [3.05, 3.63) is 35.6 Å². The largest absolute Gasteiger partial charge is 0.342 e. The van der Waals surface area contributed by atoms with Crippen LogP contribution in [0.1, 0.15) is 31.7 Å². The molecule has 1 amide bonds. The van der Waals surface area contributed by atoms with Crippen molar-refractivity contribution in [1.29, 1.82) is 0 Å². The first-order valence-electron chi connectivity index (χ1n) is 7.66. The van der Waals surface area contributed by atoms with Gasteiger partial charge in [-0.15, -0.1) is 0 Å². The van der Waals surface area contributed by atoms with Gasteiger partial charge in [-0.25, -0.2) is 4.39 Å². The zero-order chi connectivity index (χ0) is 14.1. The molecule has 2 fully saturated rings. The Morgan fingerprint density at radius 3 is 2.65 bits per heavy atom. The summed E-state index contributed by atoms with van der Waals surface area (Å²) in [6.07, 6.45) is 4.09. The Labute approximate surface area is 120 Å². The lowest BCUT2D eigenvalue weighted by Gasteiger charge is -2.32. The maximum Gasteiger partial charge on any atom is 0.225 e. The number of carbonyl (C=O) groups is 1. The number of likely N-dealkylation sites (tertiary alicyclic amines) is 1. The predicted molar refractivity (Wildman–Crippen MR) is 76.7 cm³/mol. The van der Waals surface area contributed by atoms with Gasteiger partial charge in [0.2, 0.25) is 5.91 Å². The molecular weight excluding hydrogens is 253 g/mol. The lowest BCUT2D eigenvalue weighted by Crippen LogP contribution is -2.40. The molecule has 1 aliphatic carbocycles. The monoisotopic (exact) mass is 275 g/mol. The van der Waals surface area contributed by atoms with Crippen LogP contribution in [-0.4, -0.2) is 23.9 Å². The van der Waals surface area contributed by atoms with E-state index in [4.69, 9.17) is 0 Å². The Kier molecular flexibility index (Phi) is 3.77. The summed E-state index contributed by atoms with van der Waals surface area (Å²) in [5.41, 5.74) is 1.07. The minimum Gasteiger partial charge on any atom is -0.342 e. The number of benzene rings is 1. The van der Waals surface area contributed by atoms with E-state index < -0.39 is 0 Å². The smallest absolute Gasteiger partial charge is 0.225 e. The summed E-state index contributed by atoms with van der Waals surface area (Å²) >= 11 is 0. The third-order valence-electron chi connectivity index (χ3n) is 4.77. The van der Waals surface area contributed by atoms with E-state index >= 15 is 0 Å². The highest BCUT2D eigenvalue weighted by molar-refractivity contribution is 5.81. The van der Waals surface area contributed by atoms with E-state index in [0.29, 0.717) is 23.7 Å². The van der Waals surface area contributed by atoms with Crippen molar-refractivity contribution in [3.8, 4) is 0 Å². The molecule has 1 aromatic carbocycles. The number of hydrogen-bond donors (Lipinski definition) is 0. The lowest BCUT2D eigenvalue weighted by atomic mass is 9.90. The Bertz CT molecular complexity index is 494. The van der Waals surface area contributed by atoms with E-state index in [2.05, 4.69) is 6.92 Å². The van der Waals surface area contributed by atoms with E-state index in [0.717, 1.165) is 44.3 Å². The Morgan fingerprint density at radius 1 is 1.35 bits per heavy atom. The molecule has 1 aliphatic heterocycles. The molecule has 1 saturated carbocycles. The number of amides is 1. The van der Waals surface area contributed by atoms with Crippen LogP contribution in [-0.2, 0) is 11.2 Å². The van der Waals surface area contributed by atoms with E-state index in [1.807, 2.05) is 11.0 Å². The molecular formula is C17H22FNO. The number of rotatable bonds is 3. The van der Waals surface area contributed by atoms with Crippen molar-refractivity contribution >= 4 is 5.91 Å². The van der Waals surface area contributed by atoms with Gasteiger partial charge in [0.1, 0.15) is 5.82 Å². The maximum atomic E-state index is 13.2. The molecule has 3 heteroatoms. The summed E-state index contributed by atoms with van der Waals surface area (Å²) in [4.78, 5) is 14.2. The minimum atomic E-state index is -0.155. The molecule has 0 radical (unpaired) electrons. The van der Waals surface area contributed by atoms with Crippen LogP contribution in [0.5, 0.6) is 0 Å². The zero-order valence-corrected chi connectivity index (χ0v) is 12.0. The van der Waals surface area contributed by atoms with Crippen molar-refractivity contribution in [2.24, 2.45) is 17.8 Å². The standard InChI is InChI=1S/C17H22FNO/c1-12-9-16(12)17(20)19-7-5-13(6-8-19)10-14-3-2-4-15(18)11-14/h2-4,11-13,16H,5-10H2,1H3. The zero-order valence-electron chi connectivity index (χ0n) is 12.0. The van der Waals surface area contributed by atoms with Crippen molar-refractivity contribution in [1.82, 2.24) is 4.90 Å². The Morgan fingerprint density at radius 2 is 2.05 bits per heavy atom. The highest BCUT2D eigenvalue weighted by Gasteiger charge is 2.41. The van der Waals surface area contributed by atoms with Crippen LogP contribution in [0.4, 0.5) is 4.39 Å². The number of hydrogen-bond acceptors (Lipinski definition) is 1. The van der Waals surface area contributed by atoms with Crippen LogP contribution in [0.2, 0.25) is 0 Å². The molecule has 2 unspecified atom stereocenters. The molecule has 2 aliphatic rings. The first-order valence-corrected chi connectivity index (χ1v) is 7.66. The Balaban J connectivity index is 1.50. The van der Waals surface area contributed by atoms with Crippen molar-refractivity contribution in [2.45, 2.75) is 32.6 Å². The van der Waals surface area contributed by atoms with Gasteiger partial charge < -0.3 is 4.90 Å². The maximum absolute atomic E-state index is 13.2. The molecule has 20 heavy (non-hydrogen) atoms. The first kappa shape index (κ1) is 13.6. The average molecular weight is 275 g/mol. The summed E-state index contributed by atoms with van der Waals surface area (Å²) in [6.45, 7) is 3.91. The van der Waals surface area contributed by atoms with Crippen molar-refractivity contribution < 1.29 is 9.18 Å². The predicted octanol–water partition coefficient (Wildman–Crippen LogP) is 3.26. The second-order valence-electron chi connectivity index (χ2n) is 6.42. The quantitative estimate of drug-likeness (QED) is 0.829. The Hall–Kier alpha value is -1.38. The molecule has 1 saturated heterocycles. The van der Waals surface area contributed by atoms with Crippen LogP contribution in [0, 0.1) is 23.6 Å². The molecule has 0 aromatic heterocycles. The minimum absolute atomic E-state index is 0.155. The second kappa shape index (κ2) is 5.55. The molecule has 1 heterocycles. The molecule has 0 bridgehead atoms. The first-order chi connectivity index (χ1) is 9.63. The third kappa shape index (κ3) is 3.02. The topological polar surface area (TPSA) is 20.3 Å². The molecule has 1 aromatic rings. The van der Waals surface area contributed by atoms with Crippen LogP contribution >= 0.6 is 0 Å². The third-order valence-corrected chi connectivity index (χ3v) is 4.77. The van der Waals surface area contributed by atoms with Crippen LogP contribution in [0.3, 0.4) is 0 Å². The van der Waals surface area contributed by atoms with E-state index in [-0.39, 0.29) is 5.82 Å². The fraction of sp³-hybridized carbons (Fsp3) is 0.588. The normalized spacial score (nSPS) is 26.6. The van der Waals surface area contributed by atoms with Gasteiger partial charge in [0.25, 0.3) is 0 Å². The van der Waals surface area contributed by atoms with Crippen molar-refractivity contribution in [3.63, 3.8) is 0 Å². The number of nitrogens with zero attached hydrogens (tertiary/aromatic N) is 1. The van der Waals surface area contributed by atoms with E-state index in [1.165, 1.54) is 6.07 Å². The SMILES string of the molecule is CC1CC1C(=O)N1CCC(Cc2cccc(F)c2)CC1. The molecule has 2 atom stereocenters. The lowest BCUT2D eigenvalue weighted by molar-refractivity contribution is -0.134. The molecule has 2 nitrogen and oxygen atoms in total. The van der Waals surface area contributed by atoms with Crippen molar-refractivity contribution in [2.75, 3.05) is 13.1 Å². The van der Waals surface area contributed by atoms with Gasteiger partial charge in [0.05, 0.1) is 0 Å². The van der Waals surface area contributed by atoms with Gasteiger partial charge >= 0.3 is 0 Å². The summed E-state index contributed by atoms with van der Waals surface area (Å²) < 4.78 is 13.2. The number of piperidine rings is 1. The molecule has 0 N–H and O–H groups in total. The van der Waals surface area contributed by atoms with E-state index in [1.54, 1.807) is 12.1 Å². The fourth-order valence-electron chi connectivity index (χ4n) is 3.26. The van der Waals surface area contributed by atoms with Crippen LogP contribution in [0.15, 0.2) is 24.3 Å². The summed E-state index contributed by atoms with van der Waals surface area (Å²) in [7, 11) is 0. The van der Waals surface area contributed by atoms with Gasteiger partial charge in [-0.1, -0.05) is 19.1 Å². The van der Waals surface area contributed by atoms with Gasteiger partial charge in [0.15, 0.2) is 0 Å². The summed E-state index contributed by atoms with van der Waals surface area (Å²) in [5.74, 6) is 1.68. The summed E-state index contributed by atoms with van der Waals surface area (Å²) in [6, 6.07) is 6.88. The fourth-order valence-corrected chi connectivity index (χ4v) is 3.26. The van der Waals surface area contributed by atoms with Gasteiger partial charge in [-0.2, -0.15) is 0 Å². The van der Waals surface area contributed by atoms with Gasteiger partial charge in [-0.3, -0.25) is 4.79 Å². The number of halogens is 1.